The molecule has 5 nitrogen and oxygen atoms in total. The Hall–Kier alpha value is -2.93. The Morgan fingerprint density at radius 1 is 1.10 bits per heavy atom. The second kappa shape index (κ2) is 8.21. The molecule has 4 rings (SSSR count). The lowest BCUT2D eigenvalue weighted by atomic mass is 9.96. The molecule has 1 aromatic heterocycles. The van der Waals surface area contributed by atoms with Crippen molar-refractivity contribution in [1.82, 2.24) is 4.90 Å². The molecule has 0 radical (unpaired) electrons. The molecule has 1 aliphatic rings. The first-order valence-electron chi connectivity index (χ1n) is 9.51. The lowest BCUT2D eigenvalue weighted by Gasteiger charge is -2.30. The third-order valence-corrected chi connectivity index (χ3v) is 6.45. The van der Waals surface area contributed by atoms with Crippen LogP contribution in [0.25, 0.3) is 10.1 Å². The molecule has 150 valence electrons. The molecule has 1 fully saturated rings. The molecule has 0 spiro atoms. The minimum absolute atomic E-state index is 0.101. The number of hydrogen-bond acceptors (Lipinski definition) is 4. The summed E-state index contributed by atoms with van der Waals surface area (Å²) in [5.74, 6) is -0.376. The van der Waals surface area contributed by atoms with Crippen molar-refractivity contribution in [2.45, 2.75) is 19.4 Å². The molecule has 2 N–H and O–H groups in total. The average molecular weight is 412 g/mol. The number of hydrogen-bond donors (Lipinski definition) is 1. The molecule has 1 aliphatic heterocycles. The van der Waals surface area contributed by atoms with E-state index >= 15 is 0 Å². The van der Waals surface area contributed by atoms with Crippen molar-refractivity contribution in [2.24, 2.45) is 11.7 Å². The van der Waals surface area contributed by atoms with Crippen molar-refractivity contribution in [3.05, 3.63) is 64.8 Å². The maximum Gasteiger partial charge on any atom is 0.264 e. The van der Waals surface area contributed by atoms with Gasteiger partial charge < -0.3 is 15.4 Å². The van der Waals surface area contributed by atoms with Crippen molar-refractivity contribution in [1.29, 1.82) is 0 Å². The van der Waals surface area contributed by atoms with Crippen LogP contribution in [0.4, 0.5) is 4.39 Å². The summed E-state index contributed by atoms with van der Waals surface area (Å²) in [6, 6.07) is 14.1. The Morgan fingerprint density at radius 2 is 1.83 bits per heavy atom. The minimum atomic E-state index is -0.364. The van der Waals surface area contributed by atoms with Gasteiger partial charge in [-0.25, -0.2) is 4.39 Å². The maximum absolute atomic E-state index is 14.6. The standard InChI is InChI=1S/C22H21FN2O3S/c23-17-7-4-8-18-19(17)16(13-28-15-5-2-1-3-6-15)20(29-18)22(27)25-11-9-14(10-12-25)21(24)26/h1-8,14H,9-13H2,(H2,24,26). The Kier molecular flexibility index (Phi) is 5.49. The molecule has 0 atom stereocenters. The number of halogens is 1. The van der Waals surface area contributed by atoms with Crippen LogP contribution in [0.2, 0.25) is 0 Å². The van der Waals surface area contributed by atoms with Gasteiger partial charge in [0.2, 0.25) is 5.91 Å². The SMILES string of the molecule is NC(=O)C1CCN(C(=O)c2sc3cccc(F)c3c2COc2ccccc2)CC1. The number of likely N-dealkylation sites (tertiary alicyclic amines) is 1. The first-order valence-corrected chi connectivity index (χ1v) is 10.3. The van der Waals surface area contributed by atoms with E-state index in [0.29, 0.717) is 52.2 Å². The molecule has 3 aromatic rings. The number of thiophene rings is 1. The molecule has 0 aliphatic carbocycles. The second-order valence-electron chi connectivity index (χ2n) is 7.09. The van der Waals surface area contributed by atoms with Gasteiger partial charge in [0.15, 0.2) is 0 Å². The van der Waals surface area contributed by atoms with Gasteiger partial charge in [-0.1, -0.05) is 24.3 Å². The predicted octanol–water partition coefficient (Wildman–Crippen LogP) is 3.96. The summed E-state index contributed by atoms with van der Waals surface area (Å²) in [6.45, 7) is 1.02. The van der Waals surface area contributed by atoms with Crippen molar-refractivity contribution < 1.29 is 18.7 Å². The highest BCUT2D eigenvalue weighted by molar-refractivity contribution is 7.21. The summed E-state index contributed by atoms with van der Waals surface area (Å²) >= 11 is 1.28. The van der Waals surface area contributed by atoms with Gasteiger partial charge in [0.05, 0.1) is 4.88 Å². The Balaban J connectivity index is 1.64. The quantitative estimate of drug-likeness (QED) is 0.690. The molecule has 2 heterocycles. The lowest BCUT2D eigenvalue weighted by Crippen LogP contribution is -2.41. The van der Waals surface area contributed by atoms with E-state index in [9.17, 15) is 14.0 Å². The fourth-order valence-electron chi connectivity index (χ4n) is 3.66. The number of piperidine rings is 1. The lowest BCUT2D eigenvalue weighted by molar-refractivity contribution is -0.123. The Morgan fingerprint density at radius 3 is 2.52 bits per heavy atom. The zero-order valence-electron chi connectivity index (χ0n) is 15.8. The molecule has 0 bridgehead atoms. The third-order valence-electron chi connectivity index (χ3n) is 5.27. The van der Waals surface area contributed by atoms with E-state index in [0.717, 1.165) is 0 Å². The fraction of sp³-hybridized carbons (Fsp3) is 0.273. The third kappa shape index (κ3) is 3.96. The normalized spacial score (nSPS) is 14.9. The second-order valence-corrected chi connectivity index (χ2v) is 8.15. The van der Waals surface area contributed by atoms with Crippen LogP contribution in [-0.4, -0.2) is 29.8 Å². The van der Waals surface area contributed by atoms with Crippen LogP contribution in [0.15, 0.2) is 48.5 Å². The number of ether oxygens (including phenoxy) is 1. The van der Waals surface area contributed by atoms with Gasteiger partial charge in [-0.15, -0.1) is 11.3 Å². The Labute approximate surface area is 171 Å². The highest BCUT2D eigenvalue weighted by atomic mass is 32.1. The number of amides is 2. The summed E-state index contributed by atoms with van der Waals surface area (Å²) in [5, 5.41) is 0.434. The van der Waals surface area contributed by atoms with Gasteiger partial charge in [0.1, 0.15) is 18.2 Å². The zero-order chi connectivity index (χ0) is 20.4. The Bertz CT molecular complexity index is 1040. The first-order chi connectivity index (χ1) is 14.0. The fourth-order valence-corrected chi connectivity index (χ4v) is 4.85. The highest BCUT2D eigenvalue weighted by Crippen LogP contribution is 2.35. The smallest absolute Gasteiger partial charge is 0.264 e. The van der Waals surface area contributed by atoms with E-state index in [2.05, 4.69) is 0 Å². The number of primary amides is 1. The molecule has 0 unspecified atom stereocenters. The molecule has 1 saturated heterocycles. The largest absolute Gasteiger partial charge is 0.489 e. The van der Waals surface area contributed by atoms with E-state index < -0.39 is 0 Å². The summed E-state index contributed by atoms with van der Waals surface area (Å²) in [5.41, 5.74) is 5.95. The molecular weight excluding hydrogens is 391 g/mol. The van der Waals surface area contributed by atoms with Crippen molar-refractivity contribution in [3.63, 3.8) is 0 Å². The number of benzene rings is 2. The van der Waals surface area contributed by atoms with Crippen molar-refractivity contribution >= 4 is 33.2 Å². The first kappa shape index (κ1) is 19.4. The number of fused-ring (bicyclic) bond motifs is 1. The number of carbonyl (C=O) groups excluding carboxylic acids is 2. The molecule has 29 heavy (non-hydrogen) atoms. The van der Waals surface area contributed by atoms with E-state index in [1.807, 2.05) is 36.4 Å². The molecule has 2 aromatic carbocycles. The monoisotopic (exact) mass is 412 g/mol. The van der Waals surface area contributed by atoms with Crippen LogP contribution in [0.5, 0.6) is 5.75 Å². The molecule has 2 amide bonds. The summed E-state index contributed by atoms with van der Waals surface area (Å²) in [7, 11) is 0. The predicted molar refractivity (Wildman–Crippen MR) is 110 cm³/mol. The minimum Gasteiger partial charge on any atom is -0.489 e. The van der Waals surface area contributed by atoms with Gasteiger partial charge >= 0.3 is 0 Å². The van der Waals surface area contributed by atoms with Crippen LogP contribution < -0.4 is 10.5 Å². The van der Waals surface area contributed by atoms with E-state index in [-0.39, 0.29) is 30.2 Å². The van der Waals surface area contributed by atoms with Gasteiger partial charge in [0, 0.05) is 34.7 Å². The number of nitrogens with two attached hydrogens (primary N) is 1. The maximum atomic E-state index is 14.6. The molecular formula is C22H21FN2O3S. The number of carbonyl (C=O) groups is 2. The average Bonchev–Trinajstić information content (AvgIpc) is 3.12. The van der Waals surface area contributed by atoms with Crippen LogP contribution in [0.1, 0.15) is 28.1 Å². The molecule has 0 saturated carbocycles. The van der Waals surface area contributed by atoms with Crippen LogP contribution in [-0.2, 0) is 11.4 Å². The van der Waals surface area contributed by atoms with E-state index in [4.69, 9.17) is 10.5 Å². The summed E-state index contributed by atoms with van der Waals surface area (Å²) < 4.78 is 21.2. The molecule has 7 heteroatoms. The van der Waals surface area contributed by atoms with Gasteiger partial charge in [-0.3, -0.25) is 9.59 Å². The van der Waals surface area contributed by atoms with Gasteiger partial charge in [0.25, 0.3) is 5.91 Å². The highest BCUT2D eigenvalue weighted by Gasteiger charge is 2.30. The summed E-state index contributed by atoms with van der Waals surface area (Å²) in [4.78, 5) is 26.8. The number of para-hydroxylation sites is 1. The summed E-state index contributed by atoms with van der Waals surface area (Å²) in [6.07, 6.45) is 1.10. The van der Waals surface area contributed by atoms with Gasteiger partial charge in [-0.05, 0) is 37.1 Å². The van der Waals surface area contributed by atoms with Crippen molar-refractivity contribution in [3.8, 4) is 5.75 Å². The number of nitrogens with zero attached hydrogens (tertiary/aromatic N) is 1. The topological polar surface area (TPSA) is 72.6 Å². The van der Waals surface area contributed by atoms with Crippen LogP contribution >= 0.6 is 11.3 Å². The van der Waals surface area contributed by atoms with E-state index in [1.54, 1.807) is 11.0 Å². The van der Waals surface area contributed by atoms with Gasteiger partial charge in [-0.2, -0.15) is 0 Å². The van der Waals surface area contributed by atoms with Crippen molar-refractivity contribution in [2.75, 3.05) is 13.1 Å². The zero-order valence-corrected chi connectivity index (χ0v) is 16.6. The van der Waals surface area contributed by atoms with E-state index in [1.165, 1.54) is 17.4 Å². The van der Waals surface area contributed by atoms with Crippen LogP contribution in [0, 0.1) is 11.7 Å². The number of rotatable bonds is 5. The van der Waals surface area contributed by atoms with Crippen LogP contribution in [0.3, 0.4) is 0 Å².